The third kappa shape index (κ3) is 5.70. The summed E-state index contributed by atoms with van der Waals surface area (Å²) in [6, 6.07) is 0. The average Bonchev–Trinajstić information content (AvgIpc) is 2.10. The smallest absolute Gasteiger partial charge is 0.237 e. The van der Waals surface area contributed by atoms with Crippen LogP contribution in [-0.2, 0) is 9.59 Å². The van der Waals surface area contributed by atoms with Crippen LogP contribution in [-0.4, -0.2) is 36.9 Å². The predicted molar refractivity (Wildman–Crippen MR) is 63.4 cm³/mol. The SMILES string of the molecule is CN(CC(N)=O)C(=O)C(CN)CC(C)(C)C. The molecule has 0 aliphatic rings. The van der Waals surface area contributed by atoms with Crippen molar-refractivity contribution in [3.63, 3.8) is 0 Å². The van der Waals surface area contributed by atoms with E-state index in [0.717, 1.165) is 0 Å². The fourth-order valence-corrected chi connectivity index (χ4v) is 1.63. The van der Waals surface area contributed by atoms with Gasteiger partial charge < -0.3 is 16.4 Å². The molecule has 1 atom stereocenters. The molecule has 0 rings (SSSR count). The molecule has 4 N–H and O–H groups in total. The fraction of sp³-hybridized carbons (Fsp3) is 0.818. The largest absolute Gasteiger partial charge is 0.368 e. The summed E-state index contributed by atoms with van der Waals surface area (Å²) in [6.45, 7) is 6.39. The van der Waals surface area contributed by atoms with Gasteiger partial charge in [-0.1, -0.05) is 20.8 Å². The highest BCUT2D eigenvalue weighted by atomic mass is 16.2. The maximum absolute atomic E-state index is 11.9. The van der Waals surface area contributed by atoms with Crippen LogP contribution in [0.15, 0.2) is 0 Å². The lowest BCUT2D eigenvalue weighted by Gasteiger charge is -2.27. The molecule has 0 spiro atoms. The van der Waals surface area contributed by atoms with E-state index in [1.54, 1.807) is 7.05 Å². The zero-order valence-corrected chi connectivity index (χ0v) is 10.6. The summed E-state index contributed by atoms with van der Waals surface area (Å²) in [7, 11) is 1.57. The number of rotatable bonds is 5. The van der Waals surface area contributed by atoms with Gasteiger partial charge in [0.15, 0.2) is 0 Å². The van der Waals surface area contributed by atoms with Crippen molar-refractivity contribution in [2.45, 2.75) is 27.2 Å². The number of amides is 2. The summed E-state index contributed by atoms with van der Waals surface area (Å²) in [5.41, 5.74) is 10.7. The first-order valence-corrected chi connectivity index (χ1v) is 5.40. The van der Waals surface area contributed by atoms with Gasteiger partial charge in [-0.05, 0) is 11.8 Å². The van der Waals surface area contributed by atoms with Gasteiger partial charge in [-0.25, -0.2) is 0 Å². The van der Waals surface area contributed by atoms with E-state index in [2.05, 4.69) is 20.8 Å². The van der Waals surface area contributed by atoms with Crippen molar-refractivity contribution in [3.05, 3.63) is 0 Å². The van der Waals surface area contributed by atoms with Crippen LogP contribution < -0.4 is 11.5 Å². The van der Waals surface area contributed by atoms with E-state index < -0.39 is 5.91 Å². The normalized spacial score (nSPS) is 13.3. The quantitative estimate of drug-likeness (QED) is 0.692. The Kier molecular flexibility index (Phi) is 5.44. The van der Waals surface area contributed by atoms with Crippen LogP contribution >= 0.6 is 0 Å². The highest BCUT2D eigenvalue weighted by Gasteiger charge is 2.26. The molecule has 0 saturated carbocycles. The second-order valence-corrected chi connectivity index (χ2v) is 5.36. The number of carbonyl (C=O) groups excluding carboxylic acids is 2. The molecule has 0 aliphatic carbocycles. The van der Waals surface area contributed by atoms with Crippen molar-refractivity contribution in [2.24, 2.45) is 22.8 Å². The number of nitrogens with zero attached hydrogens (tertiary/aromatic N) is 1. The number of nitrogens with two attached hydrogens (primary N) is 2. The second kappa shape index (κ2) is 5.84. The zero-order chi connectivity index (χ0) is 12.9. The van der Waals surface area contributed by atoms with Gasteiger partial charge in [-0.2, -0.15) is 0 Å². The van der Waals surface area contributed by atoms with Crippen LogP contribution in [0, 0.1) is 11.3 Å². The topological polar surface area (TPSA) is 89.4 Å². The van der Waals surface area contributed by atoms with Crippen LogP contribution in [0.25, 0.3) is 0 Å². The lowest BCUT2D eigenvalue weighted by Crippen LogP contribution is -2.42. The predicted octanol–water partition coefficient (Wildman–Crippen LogP) is -0.0588. The maximum Gasteiger partial charge on any atom is 0.237 e. The van der Waals surface area contributed by atoms with E-state index in [4.69, 9.17) is 11.5 Å². The van der Waals surface area contributed by atoms with Gasteiger partial charge in [0, 0.05) is 13.6 Å². The molecule has 0 radical (unpaired) electrons. The Morgan fingerprint density at radius 2 is 1.81 bits per heavy atom. The van der Waals surface area contributed by atoms with Crippen molar-refractivity contribution in [1.82, 2.24) is 4.90 Å². The molecule has 5 nitrogen and oxygen atoms in total. The van der Waals surface area contributed by atoms with Gasteiger partial charge in [0.25, 0.3) is 0 Å². The number of carbonyl (C=O) groups is 2. The molecule has 0 fully saturated rings. The van der Waals surface area contributed by atoms with Gasteiger partial charge in [0.1, 0.15) is 0 Å². The number of hydrogen-bond acceptors (Lipinski definition) is 3. The van der Waals surface area contributed by atoms with Crippen LogP contribution in [0.1, 0.15) is 27.2 Å². The Morgan fingerprint density at radius 3 is 2.12 bits per heavy atom. The van der Waals surface area contributed by atoms with Crippen molar-refractivity contribution in [3.8, 4) is 0 Å². The molecule has 0 saturated heterocycles. The van der Waals surface area contributed by atoms with Crippen molar-refractivity contribution in [2.75, 3.05) is 20.1 Å². The molecule has 1 unspecified atom stereocenters. The average molecular weight is 229 g/mol. The molecule has 16 heavy (non-hydrogen) atoms. The third-order valence-electron chi connectivity index (χ3n) is 2.26. The third-order valence-corrected chi connectivity index (χ3v) is 2.26. The Bertz CT molecular complexity index is 258. The van der Waals surface area contributed by atoms with E-state index in [1.165, 1.54) is 4.90 Å². The van der Waals surface area contributed by atoms with Crippen LogP contribution in [0.2, 0.25) is 0 Å². The summed E-state index contributed by atoms with van der Waals surface area (Å²) in [4.78, 5) is 24.0. The minimum Gasteiger partial charge on any atom is -0.368 e. The zero-order valence-electron chi connectivity index (χ0n) is 10.6. The first-order chi connectivity index (χ1) is 7.17. The van der Waals surface area contributed by atoms with Gasteiger partial charge in [-0.3, -0.25) is 9.59 Å². The maximum atomic E-state index is 11.9. The van der Waals surface area contributed by atoms with Gasteiger partial charge in [0.05, 0.1) is 12.5 Å². The second-order valence-electron chi connectivity index (χ2n) is 5.36. The lowest BCUT2D eigenvalue weighted by atomic mass is 9.84. The summed E-state index contributed by atoms with van der Waals surface area (Å²) >= 11 is 0. The minimum absolute atomic E-state index is 0.0350. The minimum atomic E-state index is -0.512. The first-order valence-electron chi connectivity index (χ1n) is 5.40. The molecule has 0 bridgehead atoms. The van der Waals surface area contributed by atoms with Crippen molar-refractivity contribution >= 4 is 11.8 Å². The fourth-order valence-electron chi connectivity index (χ4n) is 1.63. The molecule has 94 valence electrons. The standard InChI is InChI=1S/C11H23N3O2/c1-11(2,3)5-8(6-12)10(16)14(4)7-9(13)15/h8H,5-7,12H2,1-4H3,(H2,13,15). The summed E-state index contributed by atoms with van der Waals surface area (Å²) < 4.78 is 0. The van der Waals surface area contributed by atoms with Crippen LogP contribution in [0.4, 0.5) is 0 Å². The van der Waals surface area contributed by atoms with Crippen LogP contribution in [0.5, 0.6) is 0 Å². The Balaban J connectivity index is 4.47. The molecule has 0 aliphatic heterocycles. The summed E-state index contributed by atoms with van der Waals surface area (Å²) in [6.07, 6.45) is 0.700. The van der Waals surface area contributed by atoms with E-state index in [9.17, 15) is 9.59 Å². The highest BCUT2D eigenvalue weighted by Crippen LogP contribution is 2.24. The summed E-state index contributed by atoms with van der Waals surface area (Å²) in [5, 5.41) is 0. The number of likely N-dealkylation sites (N-methyl/N-ethyl adjacent to an activating group) is 1. The van der Waals surface area contributed by atoms with E-state index in [0.29, 0.717) is 13.0 Å². The first kappa shape index (κ1) is 14.9. The van der Waals surface area contributed by atoms with E-state index >= 15 is 0 Å². The molecule has 5 heteroatoms. The number of hydrogen-bond donors (Lipinski definition) is 2. The van der Waals surface area contributed by atoms with Gasteiger partial charge >= 0.3 is 0 Å². The van der Waals surface area contributed by atoms with Crippen molar-refractivity contribution in [1.29, 1.82) is 0 Å². The molecule has 0 aromatic heterocycles. The van der Waals surface area contributed by atoms with E-state index in [1.807, 2.05) is 0 Å². The Hall–Kier alpha value is -1.10. The molecule has 0 aromatic rings. The molecular weight excluding hydrogens is 206 g/mol. The molecule has 2 amide bonds. The highest BCUT2D eigenvalue weighted by molar-refractivity contribution is 5.85. The Morgan fingerprint density at radius 1 is 1.31 bits per heavy atom. The molecular formula is C11H23N3O2. The van der Waals surface area contributed by atoms with Gasteiger partial charge in [0.2, 0.25) is 11.8 Å². The monoisotopic (exact) mass is 229 g/mol. The van der Waals surface area contributed by atoms with Crippen LogP contribution in [0.3, 0.4) is 0 Å². The lowest BCUT2D eigenvalue weighted by molar-refractivity contribution is -0.137. The van der Waals surface area contributed by atoms with Crippen molar-refractivity contribution < 1.29 is 9.59 Å². The van der Waals surface area contributed by atoms with E-state index in [-0.39, 0.29) is 23.8 Å². The molecule has 0 aromatic carbocycles. The van der Waals surface area contributed by atoms with Gasteiger partial charge in [-0.15, -0.1) is 0 Å². The molecule has 0 heterocycles. The summed E-state index contributed by atoms with van der Waals surface area (Å²) in [5.74, 6) is -0.872. The Labute approximate surface area is 97.2 Å². The number of primary amides is 1.